The standard InChI is InChI=1S/C19H20ClFN2O2.ClH/c1-22-11-13-8-9-23(12-13)19(24)17-10-14(20)2-7-18(17)25-16-5-3-15(21)4-6-16;/h2-7,10,13,22H,8-9,11-12H2,1H3;1H. The third-order valence-electron chi connectivity index (χ3n) is 4.28. The molecule has 0 bridgehead atoms. The molecular formula is C19H21Cl2FN2O2. The molecule has 1 aliphatic rings. The Morgan fingerprint density at radius 2 is 2.04 bits per heavy atom. The summed E-state index contributed by atoms with van der Waals surface area (Å²) in [6, 6.07) is 10.6. The van der Waals surface area contributed by atoms with Crippen molar-refractivity contribution in [2.24, 2.45) is 5.92 Å². The van der Waals surface area contributed by atoms with Crippen LogP contribution in [0.4, 0.5) is 4.39 Å². The summed E-state index contributed by atoms with van der Waals surface area (Å²) in [6.45, 7) is 2.31. The second kappa shape index (κ2) is 9.21. The monoisotopic (exact) mass is 398 g/mol. The number of amides is 1. The Morgan fingerprint density at radius 1 is 1.31 bits per heavy atom. The fourth-order valence-electron chi connectivity index (χ4n) is 3.03. The summed E-state index contributed by atoms with van der Waals surface area (Å²) >= 11 is 6.08. The Balaban J connectivity index is 0.00000243. The third-order valence-corrected chi connectivity index (χ3v) is 4.51. The van der Waals surface area contributed by atoms with Gasteiger partial charge in [0.15, 0.2) is 0 Å². The van der Waals surface area contributed by atoms with Gasteiger partial charge in [-0.1, -0.05) is 11.6 Å². The molecule has 4 nitrogen and oxygen atoms in total. The number of carbonyl (C=O) groups excluding carboxylic acids is 1. The van der Waals surface area contributed by atoms with Crippen LogP contribution in [0, 0.1) is 11.7 Å². The van der Waals surface area contributed by atoms with Crippen LogP contribution < -0.4 is 10.1 Å². The van der Waals surface area contributed by atoms with Crippen LogP contribution in [0.1, 0.15) is 16.8 Å². The van der Waals surface area contributed by atoms with E-state index in [1.807, 2.05) is 11.9 Å². The van der Waals surface area contributed by atoms with Gasteiger partial charge in [0.05, 0.1) is 5.56 Å². The SMILES string of the molecule is CNCC1CCN(C(=O)c2cc(Cl)ccc2Oc2ccc(F)cc2)C1.Cl. The van der Waals surface area contributed by atoms with Gasteiger partial charge < -0.3 is 15.0 Å². The van der Waals surface area contributed by atoms with Gasteiger partial charge in [0.1, 0.15) is 17.3 Å². The molecule has 2 aromatic carbocycles. The highest BCUT2D eigenvalue weighted by Gasteiger charge is 2.28. The molecule has 1 fully saturated rings. The molecule has 0 aromatic heterocycles. The molecule has 7 heteroatoms. The molecule has 1 aliphatic heterocycles. The summed E-state index contributed by atoms with van der Waals surface area (Å²) in [5, 5.41) is 3.63. The fourth-order valence-corrected chi connectivity index (χ4v) is 3.20. The molecule has 140 valence electrons. The van der Waals surface area contributed by atoms with Crippen molar-refractivity contribution in [2.75, 3.05) is 26.7 Å². The van der Waals surface area contributed by atoms with Crippen LogP contribution in [-0.2, 0) is 0 Å². The first kappa shape index (κ1) is 20.5. The molecule has 0 aliphatic carbocycles. The minimum absolute atomic E-state index is 0. The minimum atomic E-state index is -0.340. The summed E-state index contributed by atoms with van der Waals surface area (Å²) in [5.41, 5.74) is 0.418. The van der Waals surface area contributed by atoms with Crippen LogP contribution in [0.25, 0.3) is 0 Å². The molecule has 1 amide bonds. The van der Waals surface area contributed by atoms with E-state index in [4.69, 9.17) is 16.3 Å². The molecule has 1 unspecified atom stereocenters. The zero-order chi connectivity index (χ0) is 17.8. The summed E-state index contributed by atoms with van der Waals surface area (Å²) < 4.78 is 18.8. The molecule has 0 spiro atoms. The molecule has 0 radical (unpaired) electrons. The lowest BCUT2D eigenvalue weighted by molar-refractivity contribution is 0.0784. The van der Waals surface area contributed by atoms with Gasteiger partial charge >= 0.3 is 0 Å². The smallest absolute Gasteiger partial charge is 0.257 e. The number of ether oxygens (including phenoxy) is 1. The van der Waals surface area contributed by atoms with Gasteiger partial charge in [-0.15, -0.1) is 12.4 Å². The average Bonchev–Trinajstić information content (AvgIpc) is 3.07. The Bertz CT molecular complexity index is 756. The Morgan fingerprint density at radius 3 is 2.73 bits per heavy atom. The molecular weight excluding hydrogens is 378 g/mol. The van der Waals surface area contributed by atoms with Crippen molar-refractivity contribution in [3.63, 3.8) is 0 Å². The van der Waals surface area contributed by atoms with Gasteiger partial charge in [-0.25, -0.2) is 4.39 Å². The second-order valence-corrected chi connectivity index (χ2v) is 6.60. The zero-order valence-corrected chi connectivity index (χ0v) is 15.9. The van der Waals surface area contributed by atoms with Crippen molar-refractivity contribution in [1.82, 2.24) is 10.2 Å². The predicted octanol–water partition coefficient (Wildman–Crippen LogP) is 4.37. The maximum Gasteiger partial charge on any atom is 0.257 e. The summed E-state index contributed by atoms with van der Waals surface area (Å²) in [6.07, 6.45) is 0.974. The highest BCUT2D eigenvalue weighted by Crippen LogP contribution is 2.30. The van der Waals surface area contributed by atoms with Crippen molar-refractivity contribution < 1.29 is 13.9 Å². The lowest BCUT2D eigenvalue weighted by Crippen LogP contribution is -2.30. The number of nitrogens with zero attached hydrogens (tertiary/aromatic N) is 1. The van der Waals surface area contributed by atoms with Crippen molar-refractivity contribution >= 4 is 29.9 Å². The van der Waals surface area contributed by atoms with E-state index in [1.54, 1.807) is 18.2 Å². The van der Waals surface area contributed by atoms with Gasteiger partial charge in [-0.2, -0.15) is 0 Å². The van der Waals surface area contributed by atoms with Gasteiger partial charge in [-0.05, 0) is 68.4 Å². The van der Waals surface area contributed by atoms with Crippen molar-refractivity contribution in [2.45, 2.75) is 6.42 Å². The van der Waals surface area contributed by atoms with Gasteiger partial charge in [0.2, 0.25) is 0 Å². The van der Waals surface area contributed by atoms with Crippen LogP contribution in [0.5, 0.6) is 11.5 Å². The van der Waals surface area contributed by atoms with Crippen LogP contribution in [0.15, 0.2) is 42.5 Å². The molecule has 3 rings (SSSR count). The predicted molar refractivity (Wildman–Crippen MR) is 103 cm³/mol. The van der Waals surface area contributed by atoms with Crippen LogP contribution in [0.2, 0.25) is 5.02 Å². The fraction of sp³-hybridized carbons (Fsp3) is 0.316. The number of halogens is 3. The first-order chi connectivity index (χ1) is 12.1. The first-order valence-electron chi connectivity index (χ1n) is 8.23. The van der Waals surface area contributed by atoms with Crippen LogP contribution in [0.3, 0.4) is 0 Å². The quantitative estimate of drug-likeness (QED) is 0.812. The Kier molecular flexibility index (Phi) is 7.26. The largest absolute Gasteiger partial charge is 0.457 e. The number of hydrogen-bond donors (Lipinski definition) is 1. The normalized spacial score (nSPS) is 16.3. The maximum absolute atomic E-state index is 13.1. The minimum Gasteiger partial charge on any atom is -0.457 e. The van der Waals surface area contributed by atoms with E-state index in [0.717, 1.165) is 13.0 Å². The van der Waals surface area contributed by atoms with E-state index < -0.39 is 0 Å². The van der Waals surface area contributed by atoms with E-state index in [9.17, 15) is 9.18 Å². The lowest BCUT2D eigenvalue weighted by Gasteiger charge is -2.19. The van der Waals surface area contributed by atoms with E-state index in [-0.39, 0.29) is 24.1 Å². The number of hydrogen-bond acceptors (Lipinski definition) is 3. The van der Waals surface area contributed by atoms with Crippen molar-refractivity contribution in [3.05, 3.63) is 58.9 Å². The number of likely N-dealkylation sites (tertiary alicyclic amines) is 1. The molecule has 1 N–H and O–H groups in total. The first-order valence-corrected chi connectivity index (χ1v) is 8.61. The molecule has 1 saturated heterocycles. The summed E-state index contributed by atoms with van der Waals surface area (Å²) in [5.74, 6) is 0.894. The van der Waals surface area contributed by atoms with E-state index in [2.05, 4.69) is 5.32 Å². The van der Waals surface area contributed by atoms with Gasteiger partial charge in [0, 0.05) is 18.1 Å². The van der Waals surface area contributed by atoms with Crippen LogP contribution >= 0.6 is 24.0 Å². The number of benzene rings is 2. The number of rotatable bonds is 5. The van der Waals surface area contributed by atoms with Gasteiger partial charge in [-0.3, -0.25) is 4.79 Å². The van der Waals surface area contributed by atoms with E-state index in [0.29, 0.717) is 41.1 Å². The topological polar surface area (TPSA) is 41.6 Å². The molecule has 1 heterocycles. The molecule has 2 aromatic rings. The van der Waals surface area contributed by atoms with Gasteiger partial charge in [0.25, 0.3) is 5.91 Å². The molecule has 0 saturated carbocycles. The lowest BCUT2D eigenvalue weighted by atomic mass is 10.1. The zero-order valence-electron chi connectivity index (χ0n) is 14.4. The van der Waals surface area contributed by atoms with Crippen molar-refractivity contribution in [3.8, 4) is 11.5 Å². The highest BCUT2D eigenvalue weighted by molar-refractivity contribution is 6.31. The second-order valence-electron chi connectivity index (χ2n) is 6.16. The van der Waals surface area contributed by atoms with Crippen LogP contribution in [-0.4, -0.2) is 37.5 Å². The third kappa shape index (κ3) is 4.87. The highest BCUT2D eigenvalue weighted by atomic mass is 35.5. The van der Waals surface area contributed by atoms with E-state index >= 15 is 0 Å². The van der Waals surface area contributed by atoms with Crippen molar-refractivity contribution in [1.29, 1.82) is 0 Å². The summed E-state index contributed by atoms with van der Waals surface area (Å²) in [7, 11) is 1.91. The maximum atomic E-state index is 13.1. The molecule has 26 heavy (non-hydrogen) atoms. The number of nitrogens with one attached hydrogen (secondary N) is 1. The molecule has 1 atom stereocenters. The Labute approximate surface area is 163 Å². The average molecular weight is 399 g/mol. The van der Waals surface area contributed by atoms with E-state index in [1.165, 1.54) is 24.3 Å². The number of carbonyl (C=O) groups is 1. The Hall–Kier alpha value is -1.82. The summed E-state index contributed by atoms with van der Waals surface area (Å²) in [4.78, 5) is 14.7.